The van der Waals surface area contributed by atoms with Crippen LogP contribution in [0.25, 0.3) is 10.9 Å². The normalized spacial score (nSPS) is 17.4. The van der Waals surface area contributed by atoms with Crippen molar-refractivity contribution in [3.63, 3.8) is 0 Å². The zero-order chi connectivity index (χ0) is 16.9. The smallest absolute Gasteiger partial charge is 0.410 e. The number of nitrogens with zero attached hydrogens (tertiary/aromatic N) is 2. The molecule has 0 bridgehead atoms. The summed E-state index contributed by atoms with van der Waals surface area (Å²) in [5, 5.41) is 0.876. The van der Waals surface area contributed by atoms with Crippen LogP contribution < -0.4 is 0 Å². The monoisotopic (exact) mass is 338 g/mol. The van der Waals surface area contributed by atoms with Gasteiger partial charge >= 0.3 is 6.09 Å². The highest BCUT2D eigenvalue weighted by Gasteiger charge is 2.30. The van der Waals surface area contributed by atoms with Crippen LogP contribution in [0.2, 0.25) is 5.02 Å². The molecule has 2 heterocycles. The molecule has 0 N–H and O–H groups in total. The number of hydrogen-bond acceptors (Lipinski definition) is 2. The number of halogens is 2. The van der Waals surface area contributed by atoms with E-state index in [1.54, 1.807) is 11.9 Å². The third-order valence-corrected chi connectivity index (χ3v) is 4.49. The number of carbonyl (C=O) groups excluding carboxylic acids is 1. The van der Waals surface area contributed by atoms with E-state index in [0.717, 1.165) is 16.5 Å². The van der Waals surface area contributed by atoms with Crippen LogP contribution in [0.15, 0.2) is 18.3 Å². The fraction of sp³-hybridized carbons (Fsp3) is 0.471. The Labute approximate surface area is 139 Å². The maximum absolute atomic E-state index is 14.0. The Hall–Kier alpha value is -1.75. The van der Waals surface area contributed by atoms with E-state index >= 15 is 0 Å². The third kappa shape index (κ3) is 2.90. The summed E-state index contributed by atoms with van der Waals surface area (Å²) in [5.41, 5.74) is 1.27. The van der Waals surface area contributed by atoms with Gasteiger partial charge in [0, 0.05) is 25.2 Å². The Morgan fingerprint density at radius 2 is 2.17 bits per heavy atom. The summed E-state index contributed by atoms with van der Waals surface area (Å²) in [6, 6.07) is 3.20. The molecule has 0 radical (unpaired) electrons. The molecule has 0 unspecified atom stereocenters. The maximum Gasteiger partial charge on any atom is 0.410 e. The molecular formula is C17H20ClFN2O2. The van der Waals surface area contributed by atoms with Crippen molar-refractivity contribution in [3.05, 3.63) is 34.7 Å². The van der Waals surface area contributed by atoms with E-state index < -0.39 is 11.4 Å². The van der Waals surface area contributed by atoms with Gasteiger partial charge in [-0.15, -0.1) is 0 Å². The minimum atomic E-state index is -0.543. The van der Waals surface area contributed by atoms with Gasteiger partial charge < -0.3 is 14.2 Å². The maximum atomic E-state index is 14.0. The lowest BCUT2D eigenvalue weighted by molar-refractivity contribution is 0.0204. The lowest BCUT2D eigenvalue weighted by atomic mass is 9.99. The van der Waals surface area contributed by atoms with Crippen molar-refractivity contribution >= 4 is 28.6 Å². The van der Waals surface area contributed by atoms with Crippen LogP contribution in [0.5, 0.6) is 0 Å². The van der Waals surface area contributed by atoms with Crippen LogP contribution in [0.3, 0.4) is 0 Å². The average Bonchev–Trinajstić information content (AvgIpc) is 2.87. The number of amides is 1. The fourth-order valence-electron chi connectivity index (χ4n) is 3.02. The lowest BCUT2D eigenvalue weighted by Gasteiger charge is -2.34. The zero-order valence-corrected chi connectivity index (χ0v) is 14.4. The second-order valence-corrected chi connectivity index (χ2v) is 7.39. The molecule has 1 aromatic heterocycles. The number of likely N-dealkylation sites (N-methyl/N-ethyl adjacent to an activating group) is 1. The predicted octanol–water partition coefficient (Wildman–Crippen LogP) is 4.23. The van der Waals surface area contributed by atoms with E-state index in [9.17, 15) is 9.18 Å². The van der Waals surface area contributed by atoms with Gasteiger partial charge in [0.05, 0.1) is 16.6 Å². The molecule has 0 saturated carbocycles. The molecule has 0 fully saturated rings. The van der Waals surface area contributed by atoms with E-state index in [-0.39, 0.29) is 17.2 Å². The molecule has 1 atom stereocenters. The number of hydrogen-bond donors (Lipinski definition) is 0. The van der Waals surface area contributed by atoms with Gasteiger partial charge in [-0.3, -0.25) is 0 Å². The largest absolute Gasteiger partial charge is 0.444 e. The Kier molecular flexibility index (Phi) is 3.79. The topological polar surface area (TPSA) is 34.5 Å². The molecule has 4 nitrogen and oxygen atoms in total. The van der Waals surface area contributed by atoms with E-state index in [0.29, 0.717) is 13.0 Å². The first kappa shape index (κ1) is 16.1. The number of carbonyl (C=O) groups is 1. The molecule has 0 spiro atoms. The molecule has 124 valence electrons. The van der Waals surface area contributed by atoms with Crippen molar-refractivity contribution in [2.75, 3.05) is 7.05 Å². The van der Waals surface area contributed by atoms with Crippen molar-refractivity contribution < 1.29 is 13.9 Å². The van der Waals surface area contributed by atoms with Gasteiger partial charge in [0.2, 0.25) is 0 Å². The fourth-order valence-corrected chi connectivity index (χ4v) is 3.22. The summed E-state index contributed by atoms with van der Waals surface area (Å²) in [6.07, 6.45) is 2.09. The van der Waals surface area contributed by atoms with Gasteiger partial charge in [-0.2, -0.15) is 0 Å². The van der Waals surface area contributed by atoms with Crippen LogP contribution in [-0.2, 0) is 17.7 Å². The van der Waals surface area contributed by atoms with Crippen LogP contribution in [-0.4, -0.2) is 34.3 Å². The quantitative estimate of drug-likeness (QED) is 0.780. The van der Waals surface area contributed by atoms with Crippen LogP contribution in [0.1, 0.15) is 26.3 Å². The lowest BCUT2D eigenvalue weighted by Crippen LogP contribution is -2.45. The molecule has 1 aliphatic rings. The molecule has 0 aliphatic carbocycles. The molecule has 0 saturated heterocycles. The third-order valence-electron chi connectivity index (χ3n) is 4.11. The van der Waals surface area contributed by atoms with Gasteiger partial charge in [0.25, 0.3) is 0 Å². The summed E-state index contributed by atoms with van der Waals surface area (Å²) < 4.78 is 21.4. The molecule has 3 rings (SSSR count). The summed E-state index contributed by atoms with van der Waals surface area (Å²) >= 11 is 6.04. The molecule has 2 aromatic rings. The van der Waals surface area contributed by atoms with Crippen molar-refractivity contribution in [1.82, 2.24) is 9.47 Å². The summed E-state index contributed by atoms with van der Waals surface area (Å²) in [5.74, 6) is -0.424. The minimum absolute atomic E-state index is 0.0893. The summed E-state index contributed by atoms with van der Waals surface area (Å²) in [7, 11) is 1.72. The van der Waals surface area contributed by atoms with Gasteiger partial charge in [0.15, 0.2) is 0 Å². The molecule has 1 aliphatic heterocycles. The molecule has 1 amide bonds. The standard InChI is InChI=1S/C17H20ClFN2O2/c1-17(2,3)23-16(22)20(4)11-7-10-8-13(19)14(18)12-5-6-21(9-11)15(10)12/h5-6,8,11H,7,9H2,1-4H3/t11-/m0/s1. The van der Waals surface area contributed by atoms with E-state index in [1.807, 2.05) is 37.6 Å². The number of rotatable bonds is 1. The van der Waals surface area contributed by atoms with Crippen molar-refractivity contribution in [2.45, 2.75) is 45.4 Å². The number of ether oxygens (including phenoxy) is 1. The Morgan fingerprint density at radius 1 is 1.48 bits per heavy atom. The zero-order valence-electron chi connectivity index (χ0n) is 13.7. The minimum Gasteiger partial charge on any atom is -0.444 e. The Morgan fingerprint density at radius 3 is 2.83 bits per heavy atom. The summed E-state index contributed by atoms with van der Waals surface area (Å²) in [6.45, 7) is 6.14. The van der Waals surface area contributed by atoms with Crippen molar-refractivity contribution in [1.29, 1.82) is 0 Å². The highest BCUT2D eigenvalue weighted by Crippen LogP contribution is 2.34. The van der Waals surface area contributed by atoms with Gasteiger partial charge in [-0.25, -0.2) is 9.18 Å². The molecular weight excluding hydrogens is 319 g/mol. The second kappa shape index (κ2) is 5.41. The average molecular weight is 339 g/mol. The van der Waals surface area contributed by atoms with E-state index in [4.69, 9.17) is 16.3 Å². The van der Waals surface area contributed by atoms with Crippen LogP contribution in [0.4, 0.5) is 9.18 Å². The molecule has 1 aromatic carbocycles. The molecule has 6 heteroatoms. The van der Waals surface area contributed by atoms with E-state index in [2.05, 4.69) is 0 Å². The Bertz CT molecular complexity index is 779. The highest BCUT2D eigenvalue weighted by molar-refractivity contribution is 6.35. The van der Waals surface area contributed by atoms with Crippen molar-refractivity contribution in [2.24, 2.45) is 0 Å². The number of aromatic nitrogens is 1. The van der Waals surface area contributed by atoms with Gasteiger partial charge in [0.1, 0.15) is 11.4 Å². The van der Waals surface area contributed by atoms with Crippen LogP contribution in [0, 0.1) is 5.82 Å². The van der Waals surface area contributed by atoms with Crippen LogP contribution >= 0.6 is 11.6 Å². The number of benzene rings is 1. The SMILES string of the molecule is CN(C(=O)OC(C)(C)C)[C@H]1Cc2cc(F)c(Cl)c3ccn(c23)C1. The predicted molar refractivity (Wildman–Crippen MR) is 88.4 cm³/mol. The van der Waals surface area contributed by atoms with Crippen molar-refractivity contribution in [3.8, 4) is 0 Å². The van der Waals surface area contributed by atoms with Gasteiger partial charge in [-0.05, 0) is 44.9 Å². The summed E-state index contributed by atoms with van der Waals surface area (Å²) in [4.78, 5) is 13.9. The first-order valence-electron chi connectivity index (χ1n) is 7.59. The Balaban J connectivity index is 1.89. The molecule has 23 heavy (non-hydrogen) atoms. The van der Waals surface area contributed by atoms with Gasteiger partial charge in [-0.1, -0.05) is 11.6 Å². The van der Waals surface area contributed by atoms with E-state index in [1.165, 1.54) is 6.07 Å². The second-order valence-electron chi connectivity index (χ2n) is 7.01. The highest BCUT2D eigenvalue weighted by atomic mass is 35.5. The first-order chi connectivity index (χ1) is 10.7. The first-order valence-corrected chi connectivity index (χ1v) is 7.96.